The first-order chi connectivity index (χ1) is 20.2. The van der Waals surface area contributed by atoms with E-state index < -0.39 is 35.1 Å². The first kappa shape index (κ1) is 32.8. The smallest absolute Gasteiger partial charge is 0.408 e. The van der Waals surface area contributed by atoms with E-state index >= 15 is 0 Å². The van der Waals surface area contributed by atoms with Crippen molar-refractivity contribution in [1.82, 2.24) is 16.0 Å². The summed E-state index contributed by atoms with van der Waals surface area (Å²) in [6.45, 7) is 7.28. The molecule has 3 amide bonds. The predicted octanol–water partition coefficient (Wildman–Crippen LogP) is 3.83. The van der Waals surface area contributed by atoms with E-state index in [9.17, 15) is 24.3 Å². The quantitative estimate of drug-likeness (QED) is 0.171. The molecular weight excluding hydrogens is 538 g/mol. The third-order valence-electron chi connectivity index (χ3n) is 8.15. The molecule has 0 saturated heterocycles. The van der Waals surface area contributed by atoms with Crippen molar-refractivity contribution < 1.29 is 33.8 Å². The molecule has 0 aromatic heterocycles. The Morgan fingerprint density at radius 3 is 2.10 bits per heavy atom. The molecular formula is C32H45N3O7. The number of esters is 1. The lowest BCUT2D eigenvalue weighted by atomic mass is 9.93. The Morgan fingerprint density at radius 2 is 1.50 bits per heavy atom. The lowest BCUT2D eigenvalue weighted by molar-refractivity contribution is -0.149. The normalized spacial score (nSPS) is 18.2. The fourth-order valence-electron chi connectivity index (χ4n) is 5.75. The molecule has 10 heteroatoms. The summed E-state index contributed by atoms with van der Waals surface area (Å²) in [4.78, 5) is 51.6. The average molecular weight is 584 g/mol. The summed E-state index contributed by atoms with van der Waals surface area (Å²) >= 11 is 0. The fourth-order valence-corrected chi connectivity index (χ4v) is 5.75. The van der Waals surface area contributed by atoms with Crippen LogP contribution < -0.4 is 16.0 Å². The number of ether oxygens (including phenoxy) is 2. The van der Waals surface area contributed by atoms with Crippen LogP contribution in [0.2, 0.25) is 0 Å². The Kier molecular flexibility index (Phi) is 12.6. The summed E-state index contributed by atoms with van der Waals surface area (Å²) in [5, 5.41) is 18.4. The van der Waals surface area contributed by atoms with E-state index in [-0.39, 0.29) is 44.5 Å². The molecule has 2 fully saturated rings. The van der Waals surface area contributed by atoms with Crippen LogP contribution >= 0.6 is 0 Å². The van der Waals surface area contributed by atoms with Gasteiger partial charge in [0, 0.05) is 6.42 Å². The van der Waals surface area contributed by atoms with Gasteiger partial charge in [0.25, 0.3) is 0 Å². The maximum Gasteiger partial charge on any atom is 0.408 e. The van der Waals surface area contributed by atoms with Crippen molar-refractivity contribution in [1.29, 1.82) is 0 Å². The van der Waals surface area contributed by atoms with Crippen LogP contribution in [0.25, 0.3) is 0 Å². The number of amides is 3. The van der Waals surface area contributed by atoms with E-state index in [0.29, 0.717) is 32.1 Å². The summed E-state index contributed by atoms with van der Waals surface area (Å²) in [5.74, 6) is -1.89. The van der Waals surface area contributed by atoms with Gasteiger partial charge in [0.2, 0.25) is 11.8 Å². The number of allylic oxidation sites excluding steroid dienone is 1. The van der Waals surface area contributed by atoms with Crippen LogP contribution in [0.1, 0.15) is 76.2 Å². The van der Waals surface area contributed by atoms with Gasteiger partial charge in [-0.3, -0.25) is 9.59 Å². The molecule has 3 rings (SSSR count). The molecule has 10 nitrogen and oxygen atoms in total. The maximum absolute atomic E-state index is 13.4. The summed E-state index contributed by atoms with van der Waals surface area (Å²) in [7, 11) is 0. The Balaban J connectivity index is 1.56. The summed E-state index contributed by atoms with van der Waals surface area (Å²) in [5.41, 5.74) is -0.572. The number of nitrogens with one attached hydrogen (secondary N) is 3. The summed E-state index contributed by atoms with van der Waals surface area (Å²) < 4.78 is 10.9. The number of carbonyl (C=O) groups is 4. The minimum atomic E-state index is -0.994. The number of aliphatic hydroxyl groups is 1. The van der Waals surface area contributed by atoms with Crippen LogP contribution in [-0.4, -0.2) is 59.3 Å². The van der Waals surface area contributed by atoms with Gasteiger partial charge in [0.05, 0.1) is 23.6 Å². The van der Waals surface area contributed by atoms with Crippen molar-refractivity contribution in [2.45, 2.75) is 94.4 Å². The van der Waals surface area contributed by atoms with E-state index in [1.807, 2.05) is 30.3 Å². The van der Waals surface area contributed by atoms with Gasteiger partial charge in [-0.1, -0.05) is 68.2 Å². The van der Waals surface area contributed by atoms with Gasteiger partial charge in [0.15, 0.2) is 0 Å². The molecule has 2 atom stereocenters. The molecule has 0 heterocycles. The molecule has 0 unspecified atom stereocenters. The highest BCUT2D eigenvalue weighted by atomic mass is 16.6. The van der Waals surface area contributed by atoms with Crippen molar-refractivity contribution >= 4 is 23.9 Å². The molecule has 0 radical (unpaired) electrons. The van der Waals surface area contributed by atoms with Gasteiger partial charge in [0.1, 0.15) is 19.3 Å². The largest absolute Gasteiger partial charge is 0.462 e. The molecule has 0 spiro atoms. The molecule has 230 valence electrons. The third-order valence-corrected chi connectivity index (χ3v) is 8.15. The standard InChI is InChI=1S/C32H45N3O7/c1-3-12-25(20-27(37)34-31(22-36)16-8-9-17-31)28(38)35-32(18-10-11-19-32)23-42-29(39)26(13-4-2)33-30(40)41-21-24-14-6-5-7-15-24/h3-7,14-15,25-26,36H,1-2,8-13,16-23H2,(H,33,40)(H,34,37)(H,35,38)/t25-,26+/m0/s1. The monoisotopic (exact) mass is 583 g/mol. The zero-order chi connectivity index (χ0) is 30.4. The van der Waals surface area contributed by atoms with Gasteiger partial charge >= 0.3 is 12.1 Å². The molecule has 42 heavy (non-hydrogen) atoms. The molecule has 2 saturated carbocycles. The highest BCUT2D eigenvalue weighted by molar-refractivity contribution is 5.87. The Morgan fingerprint density at radius 1 is 0.881 bits per heavy atom. The zero-order valence-electron chi connectivity index (χ0n) is 24.4. The third kappa shape index (κ3) is 9.72. The average Bonchev–Trinajstić information content (AvgIpc) is 3.65. The number of carbonyl (C=O) groups excluding carboxylic acids is 4. The van der Waals surface area contributed by atoms with E-state index in [2.05, 4.69) is 29.1 Å². The first-order valence-corrected chi connectivity index (χ1v) is 14.8. The zero-order valence-corrected chi connectivity index (χ0v) is 24.4. The molecule has 1 aromatic rings. The highest BCUT2D eigenvalue weighted by Gasteiger charge is 2.40. The van der Waals surface area contributed by atoms with Gasteiger partial charge < -0.3 is 30.5 Å². The van der Waals surface area contributed by atoms with E-state index in [1.54, 1.807) is 6.08 Å². The second-order valence-corrected chi connectivity index (χ2v) is 11.5. The Hall–Kier alpha value is -3.66. The van der Waals surface area contributed by atoms with E-state index in [1.165, 1.54) is 6.08 Å². The predicted molar refractivity (Wildman–Crippen MR) is 158 cm³/mol. The first-order valence-electron chi connectivity index (χ1n) is 14.8. The number of benzene rings is 1. The number of aliphatic hydroxyl groups excluding tert-OH is 1. The minimum Gasteiger partial charge on any atom is -0.462 e. The molecule has 2 aliphatic carbocycles. The highest BCUT2D eigenvalue weighted by Crippen LogP contribution is 2.32. The van der Waals surface area contributed by atoms with Gasteiger partial charge in [-0.15, -0.1) is 13.2 Å². The summed E-state index contributed by atoms with van der Waals surface area (Å²) in [6.07, 6.45) is 9.03. The molecule has 1 aromatic carbocycles. The fraction of sp³-hybridized carbons (Fsp3) is 0.562. The van der Waals surface area contributed by atoms with Crippen LogP contribution in [-0.2, 0) is 30.5 Å². The van der Waals surface area contributed by atoms with Crippen LogP contribution in [0.3, 0.4) is 0 Å². The number of hydrogen-bond donors (Lipinski definition) is 4. The van der Waals surface area contributed by atoms with Crippen LogP contribution in [0, 0.1) is 5.92 Å². The number of alkyl carbamates (subject to hydrolysis) is 1. The van der Waals surface area contributed by atoms with Crippen LogP contribution in [0.4, 0.5) is 4.79 Å². The van der Waals surface area contributed by atoms with E-state index in [4.69, 9.17) is 9.47 Å². The number of hydrogen-bond acceptors (Lipinski definition) is 7. The van der Waals surface area contributed by atoms with Crippen molar-refractivity contribution in [2.24, 2.45) is 5.92 Å². The second kappa shape index (κ2) is 16.1. The Bertz CT molecular complexity index is 1080. The van der Waals surface area contributed by atoms with Crippen LogP contribution in [0.5, 0.6) is 0 Å². The molecule has 2 aliphatic rings. The van der Waals surface area contributed by atoms with Gasteiger partial charge in [-0.05, 0) is 44.1 Å². The van der Waals surface area contributed by atoms with Gasteiger partial charge in [-0.2, -0.15) is 0 Å². The van der Waals surface area contributed by atoms with Crippen LogP contribution in [0.15, 0.2) is 55.6 Å². The van der Waals surface area contributed by atoms with E-state index in [0.717, 1.165) is 31.2 Å². The summed E-state index contributed by atoms with van der Waals surface area (Å²) in [6, 6.07) is 8.19. The topological polar surface area (TPSA) is 143 Å². The molecule has 0 aliphatic heterocycles. The molecule has 0 bridgehead atoms. The number of rotatable bonds is 16. The maximum atomic E-state index is 13.4. The van der Waals surface area contributed by atoms with Crippen molar-refractivity contribution in [3.05, 3.63) is 61.2 Å². The molecule has 4 N–H and O–H groups in total. The second-order valence-electron chi connectivity index (χ2n) is 11.5. The van der Waals surface area contributed by atoms with Crippen molar-refractivity contribution in [3.8, 4) is 0 Å². The van der Waals surface area contributed by atoms with Crippen molar-refractivity contribution in [3.63, 3.8) is 0 Å². The SMILES string of the molecule is C=CC[C@@H](CC(=O)NC1(CO)CCCC1)C(=O)NC1(COC(=O)[C@@H](CC=C)NC(=O)OCc2ccccc2)CCCC1. The Labute approximate surface area is 248 Å². The van der Waals surface area contributed by atoms with Gasteiger partial charge in [-0.25, -0.2) is 9.59 Å². The lowest BCUT2D eigenvalue weighted by Gasteiger charge is -2.33. The van der Waals surface area contributed by atoms with Crippen molar-refractivity contribution in [2.75, 3.05) is 13.2 Å². The lowest BCUT2D eigenvalue weighted by Crippen LogP contribution is -2.54. The minimum absolute atomic E-state index is 0.0358.